The van der Waals surface area contributed by atoms with Crippen molar-refractivity contribution in [2.24, 2.45) is 0 Å². The van der Waals surface area contributed by atoms with Crippen molar-refractivity contribution in [2.75, 3.05) is 37.7 Å². The molecule has 5 heteroatoms. The molecular weight excluding hydrogens is 330 g/mol. The molecule has 126 valence electrons. The second-order valence-corrected chi connectivity index (χ2v) is 7.43. The van der Waals surface area contributed by atoms with Gasteiger partial charge in [0.05, 0.1) is 10.2 Å². The second kappa shape index (κ2) is 6.17. The van der Waals surface area contributed by atoms with Gasteiger partial charge in [0.2, 0.25) is 0 Å². The first kappa shape index (κ1) is 14.9. The second-order valence-electron chi connectivity index (χ2n) is 6.40. The zero-order valence-electron chi connectivity index (χ0n) is 13.9. The van der Waals surface area contributed by atoms with Crippen LogP contribution in [0.25, 0.3) is 21.9 Å². The van der Waals surface area contributed by atoms with Crippen LogP contribution in [0.3, 0.4) is 0 Å². The first-order valence-corrected chi connectivity index (χ1v) is 9.47. The van der Waals surface area contributed by atoms with E-state index in [9.17, 15) is 0 Å². The Bertz CT molecular complexity index is 923. The summed E-state index contributed by atoms with van der Waals surface area (Å²) in [5.41, 5.74) is 4.60. The van der Waals surface area contributed by atoms with Crippen molar-refractivity contribution in [2.45, 2.75) is 0 Å². The third-order valence-corrected chi connectivity index (χ3v) is 5.87. The molecule has 2 aromatic carbocycles. The van der Waals surface area contributed by atoms with Crippen LogP contribution in [0.15, 0.2) is 42.5 Å². The summed E-state index contributed by atoms with van der Waals surface area (Å²) in [6.45, 7) is 4.76. The van der Waals surface area contributed by atoms with Crippen molar-refractivity contribution in [3.8, 4) is 5.75 Å². The lowest BCUT2D eigenvalue weighted by atomic mass is 10.1. The zero-order chi connectivity index (χ0) is 16.6. The van der Waals surface area contributed by atoms with Crippen LogP contribution in [0.2, 0.25) is 0 Å². The van der Waals surface area contributed by atoms with Gasteiger partial charge in [0, 0.05) is 49.1 Å². The normalized spacial score (nSPS) is 17.1. The maximum atomic E-state index is 6.07. The fraction of sp³-hybridized carbons (Fsp3) is 0.250. The molecule has 1 aromatic heterocycles. The fourth-order valence-corrected chi connectivity index (χ4v) is 4.37. The molecule has 0 amide bonds. The molecule has 0 spiro atoms. The molecule has 2 aliphatic heterocycles. The van der Waals surface area contributed by atoms with E-state index in [2.05, 4.69) is 52.7 Å². The summed E-state index contributed by atoms with van der Waals surface area (Å²) in [6, 6.07) is 14.8. The molecule has 5 rings (SSSR count). The third-order valence-electron chi connectivity index (χ3n) is 4.76. The van der Waals surface area contributed by atoms with Crippen LogP contribution in [-0.4, -0.2) is 37.8 Å². The monoisotopic (exact) mass is 349 g/mol. The predicted octanol–water partition coefficient (Wildman–Crippen LogP) is 3.64. The summed E-state index contributed by atoms with van der Waals surface area (Å²) in [5.74, 6) is 0.973. The molecule has 3 aromatic rings. The van der Waals surface area contributed by atoms with Gasteiger partial charge >= 0.3 is 0 Å². The van der Waals surface area contributed by atoms with E-state index in [0.29, 0.717) is 6.61 Å². The van der Waals surface area contributed by atoms with Gasteiger partial charge in [-0.15, -0.1) is 11.3 Å². The quantitative estimate of drug-likeness (QED) is 0.766. The minimum atomic E-state index is 0.581. The molecule has 1 fully saturated rings. The van der Waals surface area contributed by atoms with Gasteiger partial charge in [-0.1, -0.05) is 12.1 Å². The van der Waals surface area contributed by atoms with E-state index in [4.69, 9.17) is 9.72 Å². The van der Waals surface area contributed by atoms with Crippen LogP contribution in [-0.2, 0) is 0 Å². The predicted molar refractivity (Wildman–Crippen MR) is 105 cm³/mol. The maximum Gasteiger partial charge on any atom is 0.129 e. The topological polar surface area (TPSA) is 37.4 Å². The summed E-state index contributed by atoms with van der Waals surface area (Å²) in [5, 5.41) is 4.45. The van der Waals surface area contributed by atoms with Crippen molar-refractivity contribution in [3.63, 3.8) is 0 Å². The standard InChI is InChI=1S/C20H19N3OS/c1-2-4-19-17(3-1)22-20(25-19)15-11-14-5-6-16(12-18(14)24-13-15)23-9-7-21-8-10-23/h1-6,11-12,21H,7-10,13H2. The van der Waals surface area contributed by atoms with Gasteiger partial charge in [0.25, 0.3) is 0 Å². The van der Waals surface area contributed by atoms with E-state index in [1.165, 1.54) is 10.4 Å². The number of benzene rings is 2. The summed E-state index contributed by atoms with van der Waals surface area (Å²) < 4.78 is 7.29. The number of anilines is 1. The molecule has 1 N–H and O–H groups in total. The third kappa shape index (κ3) is 2.79. The van der Waals surface area contributed by atoms with Gasteiger partial charge < -0.3 is 15.0 Å². The van der Waals surface area contributed by atoms with Crippen LogP contribution in [0.1, 0.15) is 10.6 Å². The molecule has 4 nitrogen and oxygen atoms in total. The molecular formula is C20H19N3OS. The van der Waals surface area contributed by atoms with Crippen LogP contribution < -0.4 is 15.0 Å². The van der Waals surface area contributed by atoms with Gasteiger partial charge in [0.15, 0.2) is 0 Å². The number of hydrogen-bond donors (Lipinski definition) is 1. The first-order chi connectivity index (χ1) is 12.4. The smallest absolute Gasteiger partial charge is 0.129 e. The molecule has 0 radical (unpaired) electrons. The first-order valence-electron chi connectivity index (χ1n) is 8.66. The molecule has 25 heavy (non-hydrogen) atoms. The number of para-hydroxylation sites is 1. The maximum absolute atomic E-state index is 6.07. The molecule has 2 aliphatic rings. The minimum absolute atomic E-state index is 0.581. The number of nitrogens with one attached hydrogen (secondary N) is 1. The van der Waals surface area contributed by atoms with Gasteiger partial charge in [-0.2, -0.15) is 0 Å². The molecule has 1 saturated heterocycles. The molecule has 0 aliphatic carbocycles. The largest absolute Gasteiger partial charge is 0.488 e. The van der Waals surface area contributed by atoms with Crippen LogP contribution >= 0.6 is 11.3 Å². The number of fused-ring (bicyclic) bond motifs is 2. The van der Waals surface area contributed by atoms with Gasteiger partial charge in [-0.25, -0.2) is 4.98 Å². The summed E-state index contributed by atoms with van der Waals surface area (Å²) in [4.78, 5) is 7.17. The van der Waals surface area contributed by atoms with E-state index in [-0.39, 0.29) is 0 Å². The zero-order valence-corrected chi connectivity index (χ0v) is 14.7. The van der Waals surface area contributed by atoms with E-state index >= 15 is 0 Å². The van der Waals surface area contributed by atoms with E-state index in [0.717, 1.165) is 53.6 Å². The Morgan fingerprint density at radius 1 is 1.08 bits per heavy atom. The Hall–Kier alpha value is -2.37. The number of aromatic nitrogens is 1. The highest BCUT2D eigenvalue weighted by atomic mass is 32.1. The molecule has 0 unspecified atom stereocenters. The Balaban J connectivity index is 1.47. The Kier molecular flexibility index (Phi) is 3.68. The Morgan fingerprint density at radius 3 is 2.84 bits per heavy atom. The Labute approximate surface area is 150 Å². The SMILES string of the molecule is C1=C(c2nc3ccccc3s2)COc2cc(N3CCNCC3)ccc21. The molecule has 3 heterocycles. The average molecular weight is 349 g/mol. The number of piperazine rings is 1. The van der Waals surface area contributed by atoms with E-state index in [1.807, 2.05) is 6.07 Å². The lowest BCUT2D eigenvalue weighted by molar-refractivity contribution is 0.365. The van der Waals surface area contributed by atoms with Gasteiger partial charge in [-0.05, 0) is 30.3 Å². The molecule has 0 bridgehead atoms. The molecule has 0 atom stereocenters. The lowest BCUT2D eigenvalue weighted by Crippen LogP contribution is -2.43. The van der Waals surface area contributed by atoms with E-state index < -0.39 is 0 Å². The number of rotatable bonds is 2. The van der Waals surface area contributed by atoms with Crippen molar-refractivity contribution < 1.29 is 4.74 Å². The van der Waals surface area contributed by atoms with Crippen molar-refractivity contribution in [3.05, 3.63) is 53.0 Å². The van der Waals surface area contributed by atoms with Crippen molar-refractivity contribution >= 4 is 38.9 Å². The van der Waals surface area contributed by atoms with Gasteiger partial charge in [0.1, 0.15) is 17.4 Å². The summed E-state index contributed by atoms with van der Waals surface area (Å²) >= 11 is 1.73. The highest BCUT2D eigenvalue weighted by molar-refractivity contribution is 7.19. The average Bonchev–Trinajstić information content (AvgIpc) is 3.12. The van der Waals surface area contributed by atoms with Gasteiger partial charge in [-0.3, -0.25) is 0 Å². The van der Waals surface area contributed by atoms with Crippen LogP contribution in [0.5, 0.6) is 5.75 Å². The number of hydrogen-bond acceptors (Lipinski definition) is 5. The number of ether oxygens (including phenoxy) is 1. The van der Waals surface area contributed by atoms with Crippen molar-refractivity contribution in [1.82, 2.24) is 10.3 Å². The highest BCUT2D eigenvalue weighted by Crippen LogP contribution is 2.36. The van der Waals surface area contributed by atoms with E-state index in [1.54, 1.807) is 11.3 Å². The summed E-state index contributed by atoms with van der Waals surface area (Å²) in [6.07, 6.45) is 2.22. The van der Waals surface area contributed by atoms with Crippen molar-refractivity contribution in [1.29, 1.82) is 0 Å². The number of nitrogens with zero attached hydrogens (tertiary/aromatic N) is 2. The summed E-state index contributed by atoms with van der Waals surface area (Å²) in [7, 11) is 0. The lowest BCUT2D eigenvalue weighted by Gasteiger charge is -2.30. The van der Waals surface area contributed by atoms with Crippen LogP contribution in [0.4, 0.5) is 5.69 Å². The van der Waals surface area contributed by atoms with Crippen LogP contribution in [0, 0.1) is 0 Å². The highest BCUT2D eigenvalue weighted by Gasteiger charge is 2.18. The molecule has 0 saturated carbocycles. The fourth-order valence-electron chi connectivity index (χ4n) is 3.40. The Morgan fingerprint density at radius 2 is 1.96 bits per heavy atom. The minimum Gasteiger partial charge on any atom is -0.488 e. The number of thiazole rings is 1.